The van der Waals surface area contributed by atoms with Crippen LogP contribution in [0.3, 0.4) is 0 Å². The number of hydrogen-bond acceptors (Lipinski definition) is 4. The van der Waals surface area contributed by atoms with Crippen LogP contribution in [0.5, 0.6) is 0 Å². The number of hydrogen-bond donors (Lipinski definition) is 0. The number of ether oxygens (including phenoxy) is 1. The van der Waals surface area contributed by atoms with Gasteiger partial charge in [0.15, 0.2) is 0 Å². The average Bonchev–Trinajstić information content (AvgIpc) is 3.22. The first kappa shape index (κ1) is 19.3. The van der Waals surface area contributed by atoms with Crippen LogP contribution in [0.2, 0.25) is 0 Å². The molecule has 4 rings (SSSR count). The number of rotatable bonds is 6. The topological polar surface area (TPSA) is 47.4 Å². The lowest BCUT2D eigenvalue weighted by atomic mass is 10.0. The summed E-state index contributed by atoms with van der Waals surface area (Å²) < 4.78 is 33.4. The molecule has 0 saturated heterocycles. The van der Waals surface area contributed by atoms with Crippen LogP contribution in [0.25, 0.3) is 11.3 Å². The molecule has 4 nitrogen and oxygen atoms in total. The maximum atomic E-state index is 14.0. The number of halogens is 2. The second-order valence-corrected chi connectivity index (χ2v) is 6.90. The molecule has 29 heavy (non-hydrogen) atoms. The van der Waals surface area contributed by atoms with Gasteiger partial charge in [-0.3, -0.25) is 4.99 Å². The molecule has 1 atom stereocenters. The Labute approximate surface area is 168 Å². The highest BCUT2D eigenvalue weighted by Crippen LogP contribution is 2.33. The van der Waals surface area contributed by atoms with E-state index < -0.39 is 11.6 Å². The van der Waals surface area contributed by atoms with Crippen molar-refractivity contribution in [3.63, 3.8) is 0 Å². The van der Waals surface area contributed by atoms with E-state index in [2.05, 4.69) is 15.2 Å². The highest BCUT2D eigenvalue weighted by atomic mass is 19.1. The van der Waals surface area contributed by atoms with E-state index in [1.807, 2.05) is 43.3 Å². The summed E-state index contributed by atoms with van der Waals surface area (Å²) in [5.74, 6) is -1.13. The average molecular weight is 393 g/mol. The van der Waals surface area contributed by atoms with Gasteiger partial charge in [0, 0.05) is 17.9 Å². The minimum atomic E-state index is -0.564. The van der Waals surface area contributed by atoms with Gasteiger partial charge >= 0.3 is 0 Å². The first-order valence-electron chi connectivity index (χ1n) is 9.67. The quantitative estimate of drug-likeness (QED) is 0.572. The van der Waals surface area contributed by atoms with Gasteiger partial charge in [-0.05, 0) is 49.6 Å². The van der Waals surface area contributed by atoms with Crippen molar-refractivity contribution >= 4 is 5.71 Å². The molecule has 0 bridgehead atoms. The zero-order valence-corrected chi connectivity index (χ0v) is 16.1. The number of aliphatic imine (C=N–C) groups is 1. The van der Waals surface area contributed by atoms with E-state index in [0.29, 0.717) is 25.3 Å². The monoisotopic (exact) mass is 393 g/mol. The van der Waals surface area contributed by atoms with Crippen LogP contribution in [0, 0.1) is 11.6 Å². The van der Waals surface area contributed by atoms with Gasteiger partial charge in [-0.2, -0.15) is 10.2 Å². The molecule has 6 heteroatoms. The normalized spacial score (nSPS) is 16.1. The lowest BCUT2D eigenvalue weighted by Gasteiger charge is -2.08. The van der Waals surface area contributed by atoms with Crippen LogP contribution in [-0.2, 0) is 11.3 Å². The minimum absolute atomic E-state index is 0.00552. The Balaban J connectivity index is 1.50. The van der Waals surface area contributed by atoms with Crippen LogP contribution in [0.4, 0.5) is 8.78 Å². The molecule has 1 unspecified atom stereocenters. The van der Waals surface area contributed by atoms with Crippen molar-refractivity contribution in [2.45, 2.75) is 32.4 Å². The van der Waals surface area contributed by atoms with Crippen LogP contribution < -0.4 is 0 Å². The fraction of sp³-hybridized carbons (Fsp3) is 0.261. The summed E-state index contributed by atoms with van der Waals surface area (Å²) in [6.07, 6.45) is 1.28. The molecule has 3 aromatic rings. The van der Waals surface area contributed by atoms with Crippen LogP contribution >= 0.6 is 0 Å². The van der Waals surface area contributed by atoms with Gasteiger partial charge in [0.2, 0.25) is 0 Å². The standard InChI is InChI=1S/C23H21F2N3O/c1-2-29-14-17-10-11-21(28-27-17)16-8-6-15(7-9-16)20-12-13-22(26-20)23-18(24)4-3-5-19(23)25/h3-11,20H,2,12-14H2,1H3. The second-order valence-electron chi connectivity index (χ2n) is 6.90. The van der Waals surface area contributed by atoms with E-state index in [1.165, 1.54) is 18.2 Å². The predicted molar refractivity (Wildman–Crippen MR) is 108 cm³/mol. The van der Waals surface area contributed by atoms with Gasteiger partial charge in [-0.25, -0.2) is 8.78 Å². The third kappa shape index (κ3) is 4.22. The first-order chi connectivity index (χ1) is 14.2. The summed E-state index contributed by atoms with van der Waals surface area (Å²) in [4.78, 5) is 4.59. The van der Waals surface area contributed by atoms with Crippen molar-refractivity contribution in [3.8, 4) is 11.3 Å². The Kier molecular flexibility index (Phi) is 5.71. The highest BCUT2D eigenvalue weighted by molar-refractivity contribution is 6.02. The molecule has 0 radical (unpaired) electrons. The van der Waals surface area contributed by atoms with Crippen molar-refractivity contribution < 1.29 is 13.5 Å². The van der Waals surface area contributed by atoms with Crippen LogP contribution in [0.1, 0.15) is 42.6 Å². The maximum Gasteiger partial charge on any atom is 0.135 e. The predicted octanol–water partition coefficient (Wildman–Crippen LogP) is 5.28. The Morgan fingerprint density at radius 1 is 0.966 bits per heavy atom. The van der Waals surface area contributed by atoms with Gasteiger partial charge in [0.25, 0.3) is 0 Å². The molecule has 2 heterocycles. The van der Waals surface area contributed by atoms with Gasteiger partial charge in [0.1, 0.15) is 11.6 Å². The zero-order chi connectivity index (χ0) is 20.2. The molecule has 1 aliphatic heterocycles. The van der Waals surface area contributed by atoms with E-state index in [-0.39, 0.29) is 11.6 Å². The number of nitrogens with zero attached hydrogens (tertiary/aromatic N) is 3. The van der Waals surface area contributed by atoms with E-state index in [4.69, 9.17) is 4.74 Å². The summed E-state index contributed by atoms with van der Waals surface area (Å²) in [5, 5.41) is 8.44. The Hall–Kier alpha value is -2.99. The largest absolute Gasteiger partial charge is 0.375 e. The molecule has 148 valence electrons. The molecule has 0 saturated carbocycles. The smallest absolute Gasteiger partial charge is 0.135 e. The Morgan fingerprint density at radius 3 is 2.38 bits per heavy atom. The van der Waals surface area contributed by atoms with Crippen molar-refractivity contribution in [1.29, 1.82) is 0 Å². The van der Waals surface area contributed by atoms with Gasteiger partial charge in [-0.15, -0.1) is 0 Å². The second kappa shape index (κ2) is 8.57. The zero-order valence-electron chi connectivity index (χ0n) is 16.1. The molecule has 1 aliphatic rings. The molecule has 0 spiro atoms. The first-order valence-corrected chi connectivity index (χ1v) is 9.67. The third-order valence-corrected chi connectivity index (χ3v) is 4.98. The summed E-state index contributed by atoms with van der Waals surface area (Å²) in [5.41, 5.74) is 4.02. The van der Waals surface area contributed by atoms with Crippen molar-refractivity contribution in [1.82, 2.24) is 10.2 Å². The van der Waals surface area contributed by atoms with E-state index in [1.54, 1.807) is 0 Å². The van der Waals surface area contributed by atoms with E-state index in [9.17, 15) is 8.78 Å². The summed E-state index contributed by atoms with van der Waals surface area (Å²) in [6.45, 7) is 3.03. The fourth-order valence-corrected chi connectivity index (χ4v) is 3.47. The summed E-state index contributed by atoms with van der Waals surface area (Å²) >= 11 is 0. The summed E-state index contributed by atoms with van der Waals surface area (Å²) in [6, 6.07) is 15.5. The summed E-state index contributed by atoms with van der Waals surface area (Å²) in [7, 11) is 0. The number of aromatic nitrogens is 2. The molecule has 0 amide bonds. The molecular formula is C23H21F2N3O. The van der Waals surface area contributed by atoms with E-state index >= 15 is 0 Å². The number of benzene rings is 2. The van der Waals surface area contributed by atoms with Crippen molar-refractivity contribution in [3.05, 3.63) is 83.1 Å². The third-order valence-electron chi connectivity index (χ3n) is 4.98. The van der Waals surface area contributed by atoms with Crippen LogP contribution in [-0.4, -0.2) is 22.5 Å². The van der Waals surface area contributed by atoms with Crippen molar-refractivity contribution in [2.75, 3.05) is 6.61 Å². The molecule has 0 N–H and O–H groups in total. The molecule has 0 fully saturated rings. The minimum Gasteiger partial charge on any atom is -0.375 e. The molecule has 2 aromatic carbocycles. The van der Waals surface area contributed by atoms with Crippen LogP contribution in [0.15, 0.2) is 59.6 Å². The van der Waals surface area contributed by atoms with Crippen molar-refractivity contribution in [2.24, 2.45) is 4.99 Å². The van der Waals surface area contributed by atoms with Gasteiger partial charge in [0.05, 0.1) is 29.6 Å². The fourth-order valence-electron chi connectivity index (χ4n) is 3.47. The maximum absolute atomic E-state index is 14.0. The lowest BCUT2D eigenvalue weighted by molar-refractivity contribution is 0.130. The highest BCUT2D eigenvalue weighted by Gasteiger charge is 2.24. The molecule has 0 aliphatic carbocycles. The molecule has 1 aromatic heterocycles. The van der Waals surface area contributed by atoms with Gasteiger partial charge in [-0.1, -0.05) is 30.3 Å². The van der Waals surface area contributed by atoms with Gasteiger partial charge < -0.3 is 4.74 Å². The van der Waals surface area contributed by atoms with E-state index in [0.717, 1.165) is 28.9 Å². The Bertz CT molecular complexity index is 997. The molecular weight excluding hydrogens is 372 g/mol. The Morgan fingerprint density at radius 2 is 1.72 bits per heavy atom. The SMILES string of the molecule is CCOCc1ccc(-c2ccc(C3CCC(c4c(F)cccc4F)=N3)cc2)nn1. The lowest BCUT2D eigenvalue weighted by Crippen LogP contribution is -2.03.